The van der Waals surface area contributed by atoms with Crippen LogP contribution in [0, 0.1) is 31.6 Å². The molecule has 0 N–H and O–H groups in total. The van der Waals surface area contributed by atoms with Gasteiger partial charge in [-0.1, -0.05) is 23.4 Å². The fraction of sp³-hybridized carbons (Fsp3) is 0.143. The van der Waals surface area contributed by atoms with Crippen LogP contribution in [0.4, 0.5) is 5.69 Å². The molecule has 0 atom stereocenters. The quantitative estimate of drug-likeness (QED) is 0.250. The zero-order chi connectivity index (χ0) is 24.9. The minimum atomic E-state index is -0.491. The van der Waals surface area contributed by atoms with Crippen molar-refractivity contribution in [3.63, 3.8) is 0 Å². The van der Waals surface area contributed by atoms with Crippen molar-refractivity contribution < 1.29 is 19.1 Å². The highest BCUT2D eigenvalue weighted by molar-refractivity contribution is 6.52. The summed E-state index contributed by atoms with van der Waals surface area (Å²) in [5.41, 5.74) is 2.35. The van der Waals surface area contributed by atoms with E-state index in [0.717, 1.165) is 5.92 Å². The fourth-order valence-electron chi connectivity index (χ4n) is 4.02. The highest BCUT2D eigenvalue weighted by Crippen LogP contribution is 2.28. The molecule has 0 saturated heterocycles. The number of anilines is 1. The number of aromatic nitrogens is 3. The zero-order valence-corrected chi connectivity index (χ0v) is 19.4. The Kier molecular flexibility index (Phi) is 7.02. The number of allylic oxidation sites excluding steroid dienone is 2. The van der Waals surface area contributed by atoms with Crippen molar-refractivity contribution in [3.05, 3.63) is 115 Å². The topological polar surface area (TPSA) is 94.4 Å². The third-order valence-corrected chi connectivity index (χ3v) is 5.88. The number of ketones is 2. The molecule has 8 nitrogen and oxygen atoms in total. The van der Waals surface area contributed by atoms with Crippen LogP contribution in [-0.2, 0) is 17.9 Å². The second kappa shape index (κ2) is 10.7. The van der Waals surface area contributed by atoms with E-state index in [0.29, 0.717) is 47.8 Å². The number of aryl methyl sites for hydroxylation is 1. The van der Waals surface area contributed by atoms with Crippen molar-refractivity contribution in [1.82, 2.24) is 15.0 Å². The third-order valence-electron chi connectivity index (χ3n) is 5.88. The number of carbonyl (C=O) groups is 3. The largest absolute Gasteiger partial charge is 0.487 e. The molecular weight excluding hydrogens is 456 g/mol. The first-order valence-electron chi connectivity index (χ1n) is 11.6. The summed E-state index contributed by atoms with van der Waals surface area (Å²) in [4.78, 5) is 38.2. The van der Waals surface area contributed by atoms with Crippen LogP contribution in [0.2, 0.25) is 0 Å². The smallest absolute Gasteiger partial charge is 0.299 e. The van der Waals surface area contributed by atoms with Crippen LogP contribution >= 0.6 is 0 Å². The number of ether oxygens (including phenoxy) is 1. The standard InChI is InChI=1S/C28H23N4O4/c33-26(15-10-20-6-1-2-7-20)21-11-13-23(14-12-21)36-19-22-18-31(30-29-22)16-5-17-32-25-9-4-3-8-24(25)27(34)28(32)35/h1-4,6-15,18H,5,16-17,19H2/b15-10+. The lowest BCUT2D eigenvalue weighted by Crippen LogP contribution is -2.31. The highest BCUT2D eigenvalue weighted by Gasteiger charge is 2.34. The molecule has 0 unspecified atom stereocenters. The van der Waals surface area contributed by atoms with Gasteiger partial charge in [-0.15, -0.1) is 5.10 Å². The minimum Gasteiger partial charge on any atom is -0.487 e. The fourth-order valence-corrected chi connectivity index (χ4v) is 4.02. The van der Waals surface area contributed by atoms with Gasteiger partial charge in [-0.3, -0.25) is 19.1 Å². The number of para-hydroxylation sites is 1. The lowest BCUT2D eigenvalue weighted by Gasteiger charge is -2.15. The van der Waals surface area contributed by atoms with Gasteiger partial charge in [0.1, 0.15) is 18.1 Å². The summed E-state index contributed by atoms with van der Waals surface area (Å²) in [5, 5.41) is 8.24. The Balaban J connectivity index is 1.08. The number of nitrogens with zero attached hydrogens (tertiary/aromatic N) is 4. The normalized spacial score (nSPS) is 15.7. The zero-order valence-electron chi connectivity index (χ0n) is 19.4. The van der Waals surface area contributed by atoms with Gasteiger partial charge in [0, 0.05) is 24.6 Å². The molecule has 5 rings (SSSR count). The van der Waals surface area contributed by atoms with Crippen molar-refractivity contribution in [3.8, 4) is 5.75 Å². The number of Topliss-reactive ketones (excluding diaryl/α,β-unsaturated/α-hetero) is 1. The van der Waals surface area contributed by atoms with Crippen LogP contribution < -0.4 is 9.64 Å². The number of hydrogen-bond acceptors (Lipinski definition) is 6. The molecular formula is C28H23N4O4. The van der Waals surface area contributed by atoms with Crippen molar-refractivity contribution in [2.24, 2.45) is 0 Å². The van der Waals surface area contributed by atoms with E-state index in [2.05, 4.69) is 10.3 Å². The van der Waals surface area contributed by atoms with Gasteiger partial charge in [0.15, 0.2) is 5.78 Å². The van der Waals surface area contributed by atoms with E-state index in [1.807, 2.05) is 31.7 Å². The van der Waals surface area contributed by atoms with E-state index in [1.54, 1.807) is 65.5 Å². The Hall–Kier alpha value is -4.07. The molecule has 36 heavy (non-hydrogen) atoms. The molecule has 179 valence electrons. The van der Waals surface area contributed by atoms with E-state index in [9.17, 15) is 14.4 Å². The van der Waals surface area contributed by atoms with Crippen molar-refractivity contribution >= 4 is 23.2 Å². The van der Waals surface area contributed by atoms with E-state index in [4.69, 9.17) is 4.74 Å². The van der Waals surface area contributed by atoms with Crippen LogP contribution in [-0.4, -0.2) is 39.0 Å². The molecule has 2 aromatic carbocycles. The van der Waals surface area contributed by atoms with Gasteiger partial charge < -0.3 is 9.64 Å². The van der Waals surface area contributed by atoms with Crippen LogP contribution in [0.25, 0.3) is 0 Å². The van der Waals surface area contributed by atoms with Crippen molar-refractivity contribution in [1.29, 1.82) is 0 Å². The maximum Gasteiger partial charge on any atom is 0.299 e. The molecule has 1 fully saturated rings. The maximum absolute atomic E-state index is 12.3. The molecule has 8 heteroatoms. The van der Waals surface area contributed by atoms with Gasteiger partial charge in [0.25, 0.3) is 11.7 Å². The first-order valence-corrected chi connectivity index (χ1v) is 11.6. The average molecular weight is 480 g/mol. The number of hydrogen-bond donors (Lipinski definition) is 0. The van der Waals surface area contributed by atoms with Crippen molar-refractivity contribution in [2.75, 3.05) is 11.4 Å². The van der Waals surface area contributed by atoms with Crippen LogP contribution in [0.1, 0.15) is 32.8 Å². The third kappa shape index (κ3) is 5.27. The van der Waals surface area contributed by atoms with Gasteiger partial charge >= 0.3 is 0 Å². The first kappa shape index (κ1) is 23.7. The van der Waals surface area contributed by atoms with Crippen LogP contribution in [0.15, 0.2) is 66.9 Å². The Morgan fingerprint density at radius 3 is 2.56 bits per heavy atom. The van der Waals surface area contributed by atoms with Crippen LogP contribution in [0.3, 0.4) is 0 Å². The molecule has 2 heterocycles. The Labute approximate surface area is 209 Å². The van der Waals surface area contributed by atoms with Gasteiger partial charge in [-0.25, -0.2) is 0 Å². The predicted molar refractivity (Wildman–Crippen MR) is 132 cm³/mol. The monoisotopic (exact) mass is 479 g/mol. The second-order valence-electron chi connectivity index (χ2n) is 8.36. The second-order valence-corrected chi connectivity index (χ2v) is 8.36. The molecule has 5 radical (unpaired) electrons. The molecule has 3 aromatic rings. The first-order chi connectivity index (χ1) is 17.6. The summed E-state index contributed by atoms with van der Waals surface area (Å²) in [5.74, 6) is 0.583. The molecule has 1 aliphatic heterocycles. The molecule has 0 bridgehead atoms. The van der Waals surface area contributed by atoms with E-state index in [1.165, 1.54) is 4.90 Å². The molecule has 1 amide bonds. The lowest BCUT2D eigenvalue weighted by molar-refractivity contribution is -0.114. The summed E-state index contributed by atoms with van der Waals surface area (Å²) in [6.45, 7) is 1.19. The molecule has 1 aliphatic carbocycles. The highest BCUT2D eigenvalue weighted by atomic mass is 16.5. The maximum atomic E-state index is 12.3. The number of fused-ring (bicyclic) bond motifs is 1. The van der Waals surface area contributed by atoms with E-state index < -0.39 is 11.7 Å². The summed E-state index contributed by atoms with van der Waals surface area (Å²) in [7, 11) is 0. The Bertz CT molecular complexity index is 1290. The number of carbonyl (C=O) groups excluding carboxylic acids is 3. The van der Waals surface area contributed by atoms with E-state index >= 15 is 0 Å². The molecule has 2 aliphatic rings. The SMILES string of the molecule is O=C(/C=C/[C]1[CH][CH][CH][CH]1)c1ccc(OCc2cn(CCCN3C(=O)C(=O)c4ccccc43)nn2)cc1. The summed E-state index contributed by atoms with van der Waals surface area (Å²) >= 11 is 0. The minimum absolute atomic E-state index is 0.0748. The summed E-state index contributed by atoms with van der Waals surface area (Å²) in [6, 6.07) is 14.0. The van der Waals surface area contributed by atoms with Crippen LogP contribution in [0.5, 0.6) is 5.75 Å². The van der Waals surface area contributed by atoms with Gasteiger partial charge in [0.2, 0.25) is 0 Å². The number of rotatable bonds is 10. The molecule has 0 spiro atoms. The summed E-state index contributed by atoms with van der Waals surface area (Å²) in [6.07, 6.45) is 13.5. The Morgan fingerprint density at radius 2 is 1.75 bits per heavy atom. The predicted octanol–water partition coefficient (Wildman–Crippen LogP) is 3.62. The van der Waals surface area contributed by atoms with E-state index in [-0.39, 0.29) is 12.4 Å². The Morgan fingerprint density at radius 1 is 0.972 bits per heavy atom. The number of benzene rings is 2. The van der Waals surface area contributed by atoms with Crippen molar-refractivity contribution in [2.45, 2.75) is 19.6 Å². The number of amides is 1. The van der Waals surface area contributed by atoms with Gasteiger partial charge in [-0.2, -0.15) is 0 Å². The lowest BCUT2D eigenvalue weighted by atomic mass is 10.1. The molecule has 1 aromatic heterocycles. The van der Waals surface area contributed by atoms with Gasteiger partial charge in [-0.05, 0) is 74.6 Å². The average Bonchev–Trinajstić information content (AvgIpc) is 3.64. The van der Waals surface area contributed by atoms with Gasteiger partial charge in [0.05, 0.1) is 17.4 Å². The molecule has 1 saturated carbocycles. The summed E-state index contributed by atoms with van der Waals surface area (Å²) < 4.78 is 7.46.